The van der Waals surface area contributed by atoms with Gasteiger partial charge >= 0.3 is 6.43 Å². The Hall–Kier alpha value is -0.240. The predicted octanol–water partition coefficient (Wildman–Crippen LogP) is 3.26. The number of benzene rings is 1. The third-order valence-corrected chi connectivity index (χ3v) is 2.82. The maximum atomic E-state index is 11.9. The highest BCUT2D eigenvalue weighted by Crippen LogP contribution is 2.23. The van der Waals surface area contributed by atoms with Crippen LogP contribution in [0.15, 0.2) is 22.7 Å². The number of amides is 1. The third kappa shape index (κ3) is 3.16. The van der Waals surface area contributed by atoms with Crippen LogP contribution in [-0.2, 0) is 4.79 Å². The van der Waals surface area contributed by atoms with Gasteiger partial charge in [0.15, 0.2) is 0 Å². The third-order valence-electron chi connectivity index (χ3n) is 1.38. The van der Waals surface area contributed by atoms with Gasteiger partial charge in [0.05, 0.1) is 5.69 Å². The minimum absolute atomic E-state index is 0.380. The first-order valence-electron chi connectivity index (χ1n) is 3.55. The smallest absolute Gasteiger partial charge is 0.315 e. The highest BCUT2D eigenvalue weighted by molar-refractivity contribution is 14.1. The number of rotatable bonds is 2. The Morgan fingerprint density at radius 2 is 2.14 bits per heavy atom. The molecule has 1 aromatic carbocycles. The van der Waals surface area contributed by atoms with Gasteiger partial charge in [-0.3, -0.25) is 4.79 Å². The molecular weight excluding hydrogens is 371 g/mol. The number of carbonyl (C=O) groups is 1. The van der Waals surface area contributed by atoms with Crippen molar-refractivity contribution in [2.24, 2.45) is 0 Å². The van der Waals surface area contributed by atoms with E-state index in [0.29, 0.717) is 9.26 Å². The van der Waals surface area contributed by atoms with Gasteiger partial charge in [-0.05, 0) is 40.8 Å². The molecule has 0 atom stereocenters. The molecule has 2 nitrogen and oxygen atoms in total. The van der Waals surface area contributed by atoms with Crippen molar-refractivity contribution in [3.8, 4) is 0 Å². The lowest BCUT2D eigenvalue weighted by molar-refractivity contribution is -0.126. The Kier molecular flexibility index (Phi) is 4.24. The van der Waals surface area contributed by atoms with Crippen molar-refractivity contribution in [3.63, 3.8) is 0 Å². The van der Waals surface area contributed by atoms with E-state index in [9.17, 15) is 13.6 Å². The first-order valence-corrected chi connectivity index (χ1v) is 5.42. The van der Waals surface area contributed by atoms with Gasteiger partial charge in [-0.15, -0.1) is 0 Å². The van der Waals surface area contributed by atoms with Crippen molar-refractivity contribution in [3.05, 3.63) is 26.2 Å². The van der Waals surface area contributed by atoms with E-state index in [4.69, 9.17) is 0 Å². The summed E-state index contributed by atoms with van der Waals surface area (Å²) in [5, 5.41) is 2.12. The van der Waals surface area contributed by atoms with Gasteiger partial charge in [0.1, 0.15) is 0 Å². The monoisotopic (exact) mass is 375 g/mol. The van der Waals surface area contributed by atoms with Gasteiger partial charge in [0.2, 0.25) is 0 Å². The maximum absolute atomic E-state index is 11.9. The molecule has 0 spiro atoms. The van der Waals surface area contributed by atoms with Crippen LogP contribution in [0.3, 0.4) is 0 Å². The fourth-order valence-electron chi connectivity index (χ4n) is 0.781. The SMILES string of the molecule is O=C(Nc1cc(Br)ccc1I)C(F)F. The number of hydrogen-bond donors (Lipinski definition) is 1. The average molecular weight is 376 g/mol. The highest BCUT2D eigenvalue weighted by atomic mass is 127. The molecule has 1 N–H and O–H groups in total. The summed E-state index contributed by atoms with van der Waals surface area (Å²) in [6.07, 6.45) is -3.00. The fraction of sp³-hybridized carbons (Fsp3) is 0.125. The highest BCUT2D eigenvalue weighted by Gasteiger charge is 2.16. The molecular formula is C8H5BrF2INO. The van der Waals surface area contributed by atoms with E-state index >= 15 is 0 Å². The summed E-state index contributed by atoms with van der Waals surface area (Å²) in [6.45, 7) is 0. The lowest BCUT2D eigenvalue weighted by Crippen LogP contribution is -2.20. The molecule has 0 aliphatic carbocycles. The van der Waals surface area contributed by atoms with E-state index in [1.807, 2.05) is 22.6 Å². The standard InChI is InChI=1S/C8H5BrF2INO/c9-4-1-2-5(12)6(3-4)13-8(14)7(10)11/h1-3,7H,(H,13,14). The van der Waals surface area contributed by atoms with Crippen molar-refractivity contribution in [1.29, 1.82) is 0 Å². The number of hydrogen-bond acceptors (Lipinski definition) is 1. The Morgan fingerprint density at radius 1 is 1.50 bits per heavy atom. The predicted molar refractivity (Wildman–Crippen MR) is 61.5 cm³/mol. The van der Waals surface area contributed by atoms with Crippen molar-refractivity contribution in [2.75, 3.05) is 5.32 Å². The zero-order valence-corrected chi connectivity index (χ0v) is 10.5. The number of carbonyl (C=O) groups excluding carboxylic acids is 1. The van der Waals surface area contributed by atoms with E-state index in [-0.39, 0.29) is 0 Å². The van der Waals surface area contributed by atoms with Gasteiger partial charge in [-0.2, -0.15) is 8.78 Å². The van der Waals surface area contributed by atoms with Crippen LogP contribution >= 0.6 is 38.5 Å². The summed E-state index contributed by atoms with van der Waals surface area (Å²) in [4.78, 5) is 10.7. The van der Waals surface area contributed by atoms with E-state index < -0.39 is 12.3 Å². The molecule has 1 amide bonds. The fourth-order valence-corrected chi connectivity index (χ4v) is 1.61. The van der Waals surface area contributed by atoms with E-state index in [0.717, 1.165) is 4.47 Å². The Bertz CT molecular complexity index is 359. The molecule has 1 aromatic rings. The second-order valence-electron chi connectivity index (χ2n) is 2.41. The average Bonchev–Trinajstić information content (AvgIpc) is 2.11. The molecule has 0 unspecified atom stereocenters. The minimum Gasteiger partial charge on any atom is -0.320 e. The number of anilines is 1. The first kappa shape index (κ1) is 11.8. The van der Waals surface area contributed by atoms with Crippen LogP contribution in [0.4, 0.5) is 14.5 Å². The van der Waals surface area contributed by atoms with Crippen LogP contribution in [-0.4, -0.2) is 12.3 Å². The van der Waals surface area contributed by atoms with E-state index in [1.54, 1.807) is 18.2 Å². The molecule has 14 heavy (non-hydrogen) atoms. The topological polar surface area (TPSA) is 29.1 Å². The van der Waals surface area contributed by atoms with Gasteiger partial charge in [-0.1, -0.05) is 15.9 Å². The van der Waals surface area contributed by atoms with Crippen LogP contribution in [0.25, 0.3) is 0 Å². The summed E-state index contributed by atoms with van der Waals surface area (Å²) in [7, 11) is 0. The van der Waals surface area contributed by atoms with Crippen LogP contribution in [0.5, 0.6) is 0 Å². The first-order chi connectivity index (χ1) is 6.50. The van der Waals surface area contributed by atoms with Crippen molar-refractivity contribution >= 4 is 50.1 Å². The largest absolute Gasteiger partial charge is 0.320 e. The molecule has 0 saturated carbocycles. The van der Waals surface area contributed by atoms with Crippen LogP contribution in [0, 0.1) is 3.57 Å². The van der Waals surface area contributed by atoms with Crippen molar-refractivity contribution < 1.29 is 13.6 Å². The maximum Gasteiger partial charge on any atom is 0.315 e. The van der Waals surface area contributed by atoms with E-state index in [2.05, 4.69) is 21.2 Å². The molecule has 0 aromatic heterocycles. The van der Waals surface area contributed by atoms with Gasteiger partial charge in [0, 0.05) is 8.04 Å². The van der Waals surface area contributed by atoms with Crippen LogP contribution in [0.2, 0.25) is 0 Å². The summed E-state index contributed by atoms with van der Waals surface area (Å²) in [6, 6.07) is 5.05. The second-order valence-corrected chi connectivity index (χ2v) is 4.49. The molecule has 76 valence electrons. The summed E-state index contributed by atoms with van der Waals surface area (Å²) in [5.41, 5.74) is 0.380. The summed E-state index contributed by atoms with van der Waals surface area (Å²) >= 11 is 5.13. The Labute approximate surface area is 101 Å². The Balaban J connectivity index is 2.86. The van der Waals surface area contributed by atoms with Crippen molar-refractivity contribution in [1.82, 2.24) is 0 Å². The number of nitrogens with one attached hydrogen (secondary N) is 1. The van der Waals surface area contributed by atoms with Crippen molar-refractivity contribution in [2.45, 2.75) is 6.43 Å². The normalized spacial score (nSPS) is 10.4. The zero-order chi connectivity index (χ0) is 10.7. The molecule has 0 fully saturated rings. The van der Waals surface area contributed by atoms with Gasteiger partial charge < -0.3 is 5.32 Å². The number of alkyl halides is 2. The summed E-state index contributed by atoms with van der Waals surface area (Å²) < 4.78 is 25.3. The molecule has 1 rings (SSSR count). The lowest BCUT2D eigenvalue weighted by Gasteiger charge is -2.06. The number of halogens is 4. The van der Waals surface area contributed by atoms with Crippen LogP contribution in [0.1, 0.15) is 0 Å². The summed E-state index contributed by atoms with van der Waals surface area (Å²) in [5.74, 6) is -1.29. The molecule has 0 aliphatic heterocycles. The molecule has 0 saturated heterocycles. The van der Waals surface area contributed by atoms with Gasteiger partial charge in [0.25, 0.3) is 5.91 Å². The van der Waals surface area contributed by atoms with Crippen LogP contribution < -0.4 is 5.32 Å². The molecule has 0 heterocycles. The molecule has 0 bridgehead atoms. The minimum atomic E-state index is -3.00. The Morgan fingerprint density at radius 3 is 2.71 bits per heavy atom. The molecule has 6 heteroatoms. The second kappa shape index (κ2) is 5.01. The zero-order valence-electron chi connectivity index (χ0n) is 6.73. The molecule has 0 aliphatic rings. The lowest BCUT2D eigenvalue weighted by atomic mass is 10.3. The van der Waals surface area contributed by atoms with Gasteiger partial charge in [-0.25, -0.2) is 0 Å². The molecule has 0 radical (unpaired) electrons. The quantitative estimate of drug-likeness (QED) is 0.790. The van der Waals surface area contributed by atoms with E-state index in [1.165, 1.54) is 0 Å².